The number of carboxylic acid groups (broad SMARTS) is 1. The number of nitrogens with zero attached hydrogens (tertiary/aromatic N) is 2. The van der Waals surface area contributed by atoms with Gasteiger partial charge in [-0.2, -0.15) is 0 Å². The fourth-order valence-corrected chi connectivity index (χ4v) is 2.87. The number of aromatic nitrogens is 1. The molecule has 1 aromatic rings. The van der Waals surface area contributed by atoms with Crippen LogP contribution in [0.3, 0.4) is 0 Å². The molecule has 0 saturated heterocycles. The molecule has 1 N–H and O–H groups in total. The Hall–Kier alpha value is -1.30. The van der Waals surface area contributed by atoms with Crippen LogP contribution in [-0.4, -0.2) is 39.5 Å². The number of amides is 1. The van der Waals surface area contributed by atoms with E-state index >= 15 is 0 Å². The van der Waals surface area contributed by atoms with Gasteiger partial charge in [0.2, 0.25) is 0 Å². The SMILES string of the molecule is O=C(O)CN(CC1CC1)C(=O)c1cc(Br)cn1C1CC1. The number of hydrogen-bond donors (Lipinski definition) is 1. The molecule has 0 bridgehead atoms. The molecule has 108 valence electrons. The highest BCUT2D eigenvalue weighted by molar-refractivity contribution is 9.10. The summed E-state index contributed by atoms with van der Waals surface area (Å²) in [4.78, 5) is 25.1. The number of aliphatic carboxylic acids is 1. The van der Waals surface area contributed by atoms with Crippen LogP contribution in [0.15, 0.2) is 16.7 Å². The highest BCUT2D eigenvalue weighted by atomic mass is 79.9. The van der Waals surface area contributed by atoms with Crippen molar-refractivity contribution >= 4 is 27.8 Å². The molecule has 2 saturated carbocycles. The summed E-state index contributed by atoms with van der Waals surface area (Å²) in [6.07, 6.45) is 6.28. The maximum absolute atomic E-state index is 12.6. The van der Waals surface area contributed by atoms with E-state index in [9.17, 15) is 9.59 Å². The first-order chi connectivity index (χ1) is 9.54. The van der Waals surface area contributed by atoms with Gasteiger partial charge in [0, 0.05) is 23.3 Å². The van der Waals surface area contributed by atoms with Gasteiger partial charge in [-0.15, -0.1) is 0 Å². The van der Waals surface area contributed by atoms with Gasteiger partial charge in [0.15, 0.2) is 0 Å². The highest BCUT2D eigenvalue weighted by Crippen LogP contribution is 2.38. The van der Waals surface area contributed by atoms with E-state index < -0.39 is 5.97 Å². The van der Waals surface area contributed by atoms with Gasteiger partial charge in [-0.3, -0.25) is 9.59 Å². The minimum Gasteiger partial charge on any atom is -0.480 e. The van der Waals surface area contributed by atoms with E-state index in [4.69, 9.17) is 5.11 Å². The summed E-state index contributed by atoms with van der Waals surface area (Å²) in [5, 5.41) is 9.00. The summed E-state index contributed by atoms with van der Waals surface area (Å²) in [5.41, 5.74) is 0.598. The van der Waals surface area contributed by atoms with Crippen LogP contribution in [-0.2, 0) is 4.79 Å². The lowest BCUT2D eigenvalue weighted by atomic mass is 10.3. The fourth-order valence-electron chi connectivity index (χ4n) is 2.43. The van der Waals surface area contributed by atoms with Crippen molar-refractivity contribution in [2.45, 2.75) is 31.7 Å². The minimum absolute atomic E-state index is 0.170. The quantitative estimate of drug-likeness (QED) is 0.865. The molecule has 0 aliphatic heterocycles. The zero-order valence-electron chi connectivity index (χ0n) is 11.1. The second-order valence-corrected chi connectivity index (χ2v) is 6.62. The Bertz CT molecular complexity index is 547. The molecule has 0 atom stereocenters. The number of halogens is 1. The predicted octanol–water partition coefficient (Wildman–Crippen LogP) is 2.52. The Labute approximate surface area is 125 Å². The van der Waals surface area contributed by atoms with Crippen molar-refractivity contribution in [3.8, 4) is 0 Å². The molecule has 2 aliphatic carbocycles. The number of hydrogen-bond acceptors (Lipinski definition) is 2. The molecule has 0 aromatic carbocycles. The summed E-state index contributed by atoms with van der Waals surface area (Å²) in [6, 6.07) is 2.19. The molecule has 5 nitrogen and oxygen atoms in total. The van der Waals surface area contributed by atoms with Crippen molar-refractivity contribution < 1.29 is 14.7 Å². The lowest BCUT2D eigenvalue weighted by molar-refractivity contribution is -0.137. The van der Waals surface area contributed by atoms with E-state index in [1.807, 2.05) is 10.8 Å². The van der Waals surface area contributed by atoms with Crippen LogP contribution in [0.2, 0.25) is 0 Å². The Kier molecular flexibility index (Phi) is 3.58. The Morgan fingerprint density at radius 2 is 2.05 bits per heavy atom. The molecule has 1 heterocycles. The number of rotatable bonds is 6. The predicted molar refractivity (Wildman–Crippen MR) is 76.7 cm³/mol. The monoisotopic (exact) mass is 340 g/mol. The zero-order valence-corrected chi connectivity index (χ0v) is 12.7. The average molecular weight is 341 g/mol. The van der Waals surface area contributed by atoms with Gasteiger partial charge >= 0.3 is 5.97 Å². The fraction of sp³-hybridized carbons (Fsp3) is 0.571. The van der Waals surface area contributed by atoms with Crippen molar-refractivity contribution in [2.75, 3.05) is 13.1 Å². The Morgan fingerprint density at radius 1 is 1.35 bits per heavy atom. The summed E-state index contributed by atoms with van der Waals surface area (Å²) in [7, 11) is 0. The van der Waals surface area contributed by atoms with Crippen molar-refractivity contribution in [1.29, 1.82) is 0 Å². The standard InChI is InChI=1S/C14H17BrN2O3/c15-10-5-12(17(7-10)11-3-4-11)14(20)16(8-13(18)19)6-9-1-2-9/h5,7,9,11H,1-4,6,8H2,(H,18,19). The van der Waals surface area contributed by atoms with Crippen LogP contribution in [0.1, 0.15) is 42.2 Å². The lowest BCUT2D eigenvalue weighted by Crippen LogP contribution is -2.38. The second kappa shape index (κ2) is 5.24. The number of carbonyl (C=O) groups is 2. The maximum Gasteiger partial charge on any atom is 0.323 e. The molecular weight excluding hydrogens is 324 g/mol. The van der Waals surface area contributed by atoms with Crippen LogP contribution >= 0.6 is 15.9 Å². The van der Waals surface area contributed by atoms with E-state index in [-0.39, 0.29) is 12.5 Å². The van der Waals surface area contributed by atoms with E-state index in [0.29, 0.717) is 24.2 Å². The van der Waals surface area contributed by atoms with Crippen molar-refractivity contribution in [1.82, 2.24) is 9.47 Å². The third-order valence-electron chi connectivity index (χ3n) is 3.76. The molecule has 6 heteroatoms. The molecule has 20 heavy (non-hydrogen) atoms. The van der Waals surface area contributed by atoms with Gasteiger partial charge in [0.1, 0.15) is 12.2 Å². The van der Waals surface area contributed by atoms with E-state index in [2.05, 4.69) is 15.9 Å². The topological polar surface area (TPSA) is 62.5 Å². The van der Waals surface area contributed by atoms with Crippen LogP contribution in [0.4, 0.5) is 0 Å². The summed E-state index contributed by atoms with van der Waals surface area (Å²) in [5.74, 6) is -0.648. The molecule has 2 fully saturated rings. The lowest BCUT2D eigenvalue weighted by Gasteiger charge is -2.21. The van der Waals surface area contributed by atoms with Crippen LogP contribution in [0, 0.1) is 5.92 Å². The molecule has 0 radical (unpaired) electrons. The zero-order chi connectivity index (χ0) is 14.3. The first-order valence-corrected chi connectivity index (χ1v) is 7.72. The molecular formula is C14H17BrN2O3. The third-order valence-corrected chi connectivity index (χ3v) is 4.20. The van der Waals surface area contributed by atoms with Crippen LogP contribution in [0.25, 0.3) is 0 Å². The highest BCUT2D eigenvalue weighted by Gasteiger charge is 2.32. The van der Waals surface area contributed by atoms with Gasteiger partial charge in [-0.25, -0.2) is 0 Å². The molecule has 1 aromatic heterocycles. The van der Waals surface area contributed by atoms with Gasteiger partial charge in [0.25, 0.3) is 5.91 Å². The number of carboxylic acids is 1. The Morgan fingerprint density at radius 3 is 2.60 bits per heavy atom. The van der Waals surface area contributed by atoms with Crippen molar-refractivity contribution in [2.24, 2.45) is 5.92 Å². The molecule has 2 aliphatic rings. The Balaban J connectivity index is 1.81. The first kappa shape index (κ1) is 13.7. The molecule has 0 spiro atoms. The van der Waals surface area contributed by atoms with Gasteiger partial charge in [-0.1, -0.05) is 0 Å². The first-order valence-electron chi connectivity index (χ1n) is 6.93. The second-order valence-electron chi connectivity index (χ2n) is 5.70. The van der Waals surface area contributed by atoms with Crippen molar-refractivity contribution in [3.63, 3.8) is 0 Å². The van der Waals surface area contributed by atoms with E-state index in [0.717, 1.165) is 30.2 Å². The van der Waals surface area contributed by atoms with E-state index in [1.165, 1.54) is 4.90 Å². The van der Waals surface area contributed by atoms with Gasteiger partial charge < -0.3 is 14.6 Å². The maximum atomic E-state index is 12.6. The number of carbonyl (C=O) groups excluding carboxylic acids is 1. The summed E-state index contributed by atoms with van der Waals surface area (Å²) in [6.45, 7) is 0.335. The van der Waals surface area contributed by atoms with Crippen LogP contribution in [0.5, 0.6) is 0 Å². The molecule has 1 amide bonds. The minimum atomic E-state index is -0.956. The molecule has 0 unspecified atom stereocenters. The summed E-state index contributed by atoms with van der Waals surface area (Å²) < 4.78 is 2.85. The largest absolute Gasteiger partial charge is 0.480 e. The van der Waals surface area contributed by atoms with Gasteiger partial charge in [-0.05, 0) is 53.6 Å². The summed E-state index contributed by atoms with van der Waals surface area (Å²) >= 11 is 3.40. The third kappa shape index (κ3) is 3.06. The van der Waals surface area contributed by atoms with Gasteiger partial charge in [0.05, 0.1) is 0 Å². The van der Waals surface area contributed by atoms with Crippen molar-refractivity contribution in [3.05, 3.63) is 22.4 Å². The normalized spacial score (nSPS) is 18.1. The molecule has 3 rings (SSSR count). The average Bonchev–Trinajstić information content (AvgIpc) is 3.27. The van der Waals surface area contributed by atoms with E-state index in [1.54, 1.807) is 6.07 Å². The smallest absolute Gasteiger partial charge is 0.323 e. The van der Waals surface area contributed by atoms with Crippen LogP contribution < -0.4 is 0 Å².